The fraction of sp³-hybridized carbons (Fsp3) is 1.00. The maximum absolute atomic E-state index is 9.22. The van der Waals surface area contributed by atoms with E-state index in [0.717, 1.165) is 32.7 Å². The molecule has 1 saturated heterocycles. The van der Waals surface area contributed by atoms with Crippen molar-refractivity contribution in [1.82, 2.24) is 4.90 Å². The molecular formula is C13H26N2O2. The lowest BCUT2D eigenvalue weighted by molar-refractivity contribution is 0.0772. The number of aliphatic hydroxyl groups is 1. The van der Waals surface area contributed by atoms with Gasteiger partial charge in [0.25, 0.3) is 0 Å². The van der Waals surface area contributed by atoms with E-state index in [0.29, 0.717) is 12.6 Å². The van der Waals surface area contributed by atoms with Crippen LogP contribution in [-0.2, 0) is 4.74 Å². The number of rotatable bonds is 6. The Morgan fingerprint density at radius 1 is 1.35 bits per heavy atom. The van der Waals surface area contributed by atoms with Crippen LogP contribution in [0.5, 0.6) is 0 Å². The van der Waals surface area contributed by atoms with Gasteiger partial charge in [0.05, 0.1) is 13.2 Å². The van der Waals surface area contributed by atoms with E-state index in [1.54, 1.807) is 0 Å². The monoisotopic (exact) mass is 242 g/mol. The predicted molar refractivity (Wildman–Crippen MR) is 67.8 cm³/mol. The van der Waals surface area contributed by atoms with Crippen molar-refractivity contribution >= 4 is 0 Å². The van der Waals surface area contributed by atoms with Crippen molar-refractivity contribution in [3.63, 3.8) is 0 Å². The van der Waals surface area contributed by atoms with Crippen LogP contribution in [0.1, 0.15) is 32.1 Å². The highest BCUT2D eigenvalue weighted by molar-refractivity contribution is 4.90. The van der Waals surface area contributed by atoms with Gasteiger partial charge in [0.1, 0.15) is 0 Å². The summed E-state index contributed by atoms with van der Waals surface area (Å²) in [6.07, 6.45) is 6.29. The van der Waals surface area contributed by atoms with E-state index in [9.17, 15) is 5.11 Å². The van der Waals surface area contributed by atoms with Crippen LogP contribution in [0.15, 0.2) is 0 Å². The van der Waals surface area contributed by atoms with Crippen molar-refractivity contribution in [3.05, 3.63) is 0 Å². The van der Waals surface area contributed by atoms with Crippen molar-refractivity contribution < 1.29 is 9.84 Å². The Balaban J connectivity index is 1.95. The Kier molecular flexibility index (Phi) is 4.79. The second-order valence-electron chi connectivity index (χ2n) is 5.64. The standard InChI is InChI=1S/C13H26N2O2/c14-9-13(5-8-17-11-13)10-15(6-7-16)12-3-1-2-4-12/h12,16H,1-11,14H2. The first-order valence-electron chi connectivity index (χ1n) is 6.92. The summed E-state index contributed by atoms with van der Waals surface area (Å²) >= 11 is 0. The topological polar surface area (TPSA) is 58.7 Å². The number of hydrogen-bond donors (Lipinski definition) is 2. The second kappa shape index (κ2) is 6.14. The Morgan fingerprint density at radius 2 is 2.12 bits per heavy atom. The Hall–Kier alpha value is -0.160. The minimum absolute atomic E-state index is 0.137. The smallest absolute Gasteiger partial charge is 0.0558 e. The van der Waals surface area contributed by atoms with Gasteiger partial charge in [-0.05, 0) is 19.3 Å². The fourth-order valence-corrected chi connectivity index (χ4v) is 3.22. The summed E-state index contributed by atoms with van der Waals surface area (Å²) in [5, 5.41) is 9.22. The van der Waals surface area contributed by atoms with Crippen LogP contribution >= 0.6 is 0 Å². The molecule has 0 amide bonds. The van der Waals surface area contributed by atoms with Crippen molar-refractivity contribution in [2.75, 3.05) is 39.5 Å². The molecule has 1 atom stereocenters. The molecule has 0 aromatic heterocycles. The SMILES string of the molecule is NCC1(CN(CCO)C2CCCC2)CCOC1. The molecule has 2 rings (SSSR count). The number of nitrogens with two attached hydrogens (primary N) is 1. The highest BCUT2D eigenvalue weighted by Gasteiger charge is 2.37. The minimum Gasteiger partial charge on any atom is -0.395 e. The van der Waals surface area contributed by atoms with Crippen molar-refractivity contribution in [2.45, 2.75) is 38.1 Å². The van der Waals surface area contributed by atoms with Crippen LogP contribution < -0.4 is 5.73 Å². The molecule has 1 saturated carbocycles. The molecule has 17 heavy (non-hydrogen) atoms. The van der Waals surface area contributed by atoms with Gasteiger partial charge in [-0.25, -0.2) is 0 Å². The largest absolute Gasteiger partial charge is 0.395 e. The van der Waals surface area contributed by atoms with E-state index in [-0.39, 0.29) is 12.0 Å². The summed E-state index contributed by atoms with van der Waals surface area (Å²) in [5.41, 5.74) is 6.08. The first-order chi connectivity index (χ1) is 8.29. The summed E-state index contributed by atoms with van der Waals surface area (Å²) in [6, 6.07) is 0.658. The van der Waals surface area contributed by atoms with E-state index in [4.69, 9.17) is 10.5 Å². The molecule has 1 aliphatic carbocycles. The highest BCUT2D eigenvalue weighted by atomic mass is 16.5. The van der Waals surface area contributed by atoms with E-state index in [1.807, 2.05) is 0 Å². The molecule has 4 nitrogen and oxygen atoms in total. The molecule has 0 radical (unpaired) electrons. The van der Waals surface area contributed by atoms with E-state index in [1.165, 1.54) is 25.7 Å². The van der Waals surface area contributed by atoms with Gasteiger partial charge in [0.2, 0.25) is 0 Å². The molecule has 0 aromatic carbocycles. The minimum atomic E-state index is 0.137. The molecule has 0 bridgehead atoms. The van der Waals surface area contributed by atoms with Gasteiger partial charge in [-0.2, -0.15) is 0 Å². The average Bonchev–Trinajstić information content (AvgIpc) is 3.00. The Morgan fingerprint density at radius 3 is 2.65 bits per heavy atom. The first-order valence-corrected chi connectivity index (χ1v) is 6.92. The maximum Gasteiger partial charge on any atom is 0.0558 e. The number of nitrogens with zero attached hydrogens (tertiary/aromatic N) is 1. The lowest BCUT2D eigenvalue weighted by Gasteiger charge is -2.36. The zero-order valence-electron chi connectivity index (χ0n) is 10.7. The van der Waals surface area contributed by atoms with E-state index < -0.39 is 0 Å². The van der Waals surface area contributed by atoms with Gasteiger partial charge in [-0.1, -0.05) is 12.8 Å². The second-order valence-corrected chi connectivity index (χ2v) is 5.64. The fourth-order valence-electron chi connectivity index (χ4n) is 3.22. The molecule has 100 valence electrons. The van der Waals surface area contributed by atoms with Crippen LogP contribution in [0.3, 0.4) is 0 Å². The van der Waals surface area contributed by atoms with Gasteiger partial charge >= 0.3 is 0 Å². The van der Waals surface area contributed by atoms with Gasteiger partial charge in [-0.15, -0.1) is 0 Å². The van der Waals surface area contributed by atoms with Gasteiger partial charge in [0.15, 0.2) is 0 Å². The van der Waals surface area contributed by atoms with Crippen LogP contribution in [0, 0.1) is 5.41 Å². The van der Waals surface area contributed by atoms with Crippen molar-refractivity contribution in [1.29, 1.82) is 0 Å². The summed E-state index contributed by atoms with van der Waals surface area (Å²) in [4.78, 5) is 2.45. The normalized spacial score (nSPS) is 30.5. The van der Waals surface area contributed by atoms with Gasteiger partial charge in [0, 0.05) is 37.7 Å². The lowest BCUT2D eigenvalue weighted by Crippen LogP contribution is -2.47. The molecule has 0 spiro atoms. The van der Waals surface area contributed by atoms with Crippen LogP contribution in [0.2, 0.25) is 0 Å². The van der Waals surface area contributed by atoms with E-state index in [2.05, 4.69) is 4.90 Å². The molecule has 1 aliphatic heterocycles. The molecule has 3 N–H and O–H groups in total. The quantitative estimate of drug-likeness (QED) is 0.716. The molecule has 0 aromatic rings. The maximum atomic E-state index is 9.22. The number of hydrogen-bond acceptors (Lipinski definition) is 4. The third-order valence-corrected chi connectivity index (χ3v) is 4.38. The zero-order chi connectivity index (χ0) is 12.1. The van der Waals surface area contributed by atoms with Crippen LogP contribution in [0.25, 0.3) is 0 Å². The van der Waals surface area contributed by atoms with Gasteiger partial charge in [-0.3, -0.25) is 4.90 Å². The summed E-state index contributed by atoms with van der Waals surface area (Å²) in [7, 11) is 0. The molecule has 2 fully saturated rings. The summed E-state index contributed by atoms with van der Waals surface area (Å²) < 4.78 is 5.52. The first kappa shape index (κ1) is 13.3. The predicted octanol–water partition coefficient (Wildman–Crippen LogP) is 0.589. The zero-order valence-corrected chi connectivity index (χ0v) is 10.7. The van der Waals surface area contributed by atoms with Crippen LogP contribution in [-0.4, -0.2) is 55.5 Å². The molecule has 4 heteroatoms. The Bertz CT molecular complexity index is 223. The van der Waals surface area contributed by atoms with Gasteiger partial charge < -0.3 is 15.6 Å². The molecule has 1 heterocycles. The lowest BCUT2D eigenvalue weighted by atomic mass is 9.86. The van der Waals surface area contributed by atoms with Crippen molar-refractivity contribution in [3.8, 4) is 0 Å². The van der Waals surface area contributed by atoms with Crippen LogP contribution in [0.4, 0.5) is 0 Å². The average molecular weight is 242 g/mol. The third-order valence-electron chi connectivity index (χ3n) is 4.38. The highest BCUT2D eigenvalue weighted by Crippen LogP contribution is 2.32. The molecule has 2 aliphatic rings. The number of aliphatic hydroxyl groups excluding tert-OH is 1. The number of ether oxygens (including phenoxy) is 1. The van der Waals surface area contributed by atoms with Crippen molar-refractivity contribution in [2.24, 2.45) is 11.1 Å². The summed E-state index contributed by atoms with van der Waals surface area (Å²) in [5.74, 6) is 0. The Labute approximate surface area is 104 Å². The van der Waals surface area contributed by atoms with E-state index >= 15 is 0 Å². The third kappa shape index (κ3) is 3.19. The molecule has 1 unspecified atom stereocenters. The summed E-state index contributed by atoms with van der Waals surface area (Å²) in [6.45, 7) is 4.35. The molecular weight excluding hydrogens is 216 g/mol.